The quantitative estimate of drug-likeness (QED) is 0.773. The van der Waals surface area contributed by atoms with Gasteiger partial charge in [-0.15, -0.1) is 0 Å². The first-order valence-electron chi connectivity index (χ1n) is 8.04. The summed E-state index contributed by atoms with van der Waals surface area (Å²) in [5.74, 6) is 0. The Kier molecular flexibility index (Phi) is 6.39. The lowest BCUT2D eigenvalue weighted by molar-refractivity contribution is 0.0917. The van der Waals surface area contributed by atoms with Crippen molar-refractivity contribution >= 4 is 11.7 Å². The number of nitriles is 1. The number of nitrogens with zero attached hydrogens (tertiary/aromatic N) is 2. The Morgan fingerprint density at radius 1 is 1.48 bits per heavy atom. The van der Waals surface area contributed by atoms with Gasteiger partial charge in [0.25, 0.3) is 0 Å². The van der Waals surface area contributed by atoms with Gasteiger partial charge in [-0.2, -0.15) is 5.26 Å². The summed E-state index contributed by atoms with van der Waals surface area (Å²) in [5.41, 5.74) is 2.05. The number of anilines is 1. The summed E-state index contributed by atoms with van der Waals surface area (Å²) < 4.78 is 0. The first-order chi connectivity index (χ1) is 11.1. The average molecular weight is 316 g/mol. The van der Waals surface area contributed by atoms with Gasteiger partial charge in [-0.25, -0.2) is 4.79 Å². The van der Waals surface area contributed by atoms with Crippen molar-refractivity contribution < 1.29 is 9.90 Å². The number of urea groups is 1. The van der Waals surface area contributed by atoms with Crippen molar-refractivity contribution in [2.24, 2.45) is 0 Å². The van der Waals surface area contributed by atoms with E-state index in [4.69, 9.17) is 5.26 Å². The first-order valence-corrected chi connectivity index (χ1v) is 8.04. The lowest BCUT2D eigenvalue weighted by atomic mass is 10.0. The third-order valence-corrected chi connectivity index (χ3v) is 4.26. The van der Waals surface area contributed by atoms with Gasteiger partial charge < -0.3 is 15.7 Å². The molecule has 0 aromatic heterocycles. The van der Waals surface area contributed by atoms with E-state index in [-0.39, 0.29) is 18.7 Å². The molecule has 2 amide bonds. The average Bonchev–Trinajstić information content (AvgIpc) is 2.57. The van der Waals surface area contributed by atoms with E-state index in [1.807, 2.05) is 13.0 Å². The van der Waals surface area contributed by atoms with E-state index in [0.717, 1.165) is 37.9 Å². The maximum atomic E-state index is 11.9. The molecule has 23 heavy (non-hydrogen) atoms. The number of nitrogens with one attached hydrogen (secondary N) is 2. The molecule has 0 saturated carbocycles. The van der Waals surface area contributed by atoms with Gasteiger partial charge in [0.15, 0.2) is 0 Å². The Hall–Kier alpha value is -2.10. The van der Waals surface area contributed by atoms with Gasteiger partial charge in [0.1, 0.15) is 0 Å². The summed E-state index contributed by atoms with van der Waals surface area (Å²) in [6.45, 7) is 4.26. The van der Waals surface area contributed by atoms with Gasteiger partial charge in [0.2, 0.25) is 0 Å². The second-order valence-corrected chi connectivity index (χ2v) is 5.89. The fourth-order valence-corrected chi connectivity index (χ4v) is 2.87. The zero-order valence-corrected chi connectivity index (χ0v) is 13.5. The van der Waals surface area contributed by atoms with Crippen LogP contribution in [0.5, 0.6) is 0 Å². The second-order valence-electron chi connectivity index (χ2n) is 5.89. The molecule has 0 spiro atoms. The molecule has 1 aromatic rings. The number of amides is 2. The molecule has 1 heterocycles. The van der Waals surface area contributed by atoms with Crippen LogP contribution < -0.4 is 10.6 Å². The molecule has 124 valence electrons. The van der Waals surface area contributed by atoms with Gasteiger partial charge in [-0.1, -0.05) is 12.5 Å². The molecule has 0 radical (unpaired) electrons. The number of aliphatic hydroxyl groups excluding tert-OH is 1. The van der Waals surface area contributed by atoms with E-state index < -0.39 is 0 Å². The standard InChI is InChI=1S/C17H24N4O2/c1-13-5-6-15(10-14(13)11-18)20-17(23)19-7-9-21-8-3-2-4-16(21)12-22/h5-6,10,16,22H,2-4,7-9,12H2,1H3,(H2,19,20,23). The van der Waals surface area contributed by atoms with Gasteiger partial charge in [-0.05, 0) is 44.0 Å². The van der Waals surface area contributed by atoms with Crippen LogP contribution in [0.15, 0.2) is 18.2 Å². The number of benzene rings is 1. The minimum Gasteiger partial charge on any atom is -0.395 e. The van der Waals surface area contributed by atoms with Crippen LogP contribution in [0.1, 0.15) is 30.4 Å². The van der Waals surface area contributed by atoms with Crippen LogP contribution >= 0.6 is 0 Å². The van der Waals surface area contributed by atoms with Crippen LogP contribution in [0.2, 0.25) is 0 Å². The highest BCUT2D eigenvalue weighted by Gasteiger charge is 2.20. The fourth-order valence-electron chi connectivity index (χ4n) is 2.87. The topological polar surface area (TPSA) is 88.4 Å². The number of hydrogen-bond acceptors (Lipinski definition) is 4. The highest BCUT2D eigenvalue weighted by molar-refractivity contribution is 5.89. The highest BCUT2D eigenvalue weighted by atomic mass is 16.3. The molecule has 6 heteroatoms. The number of carbonyl (C=O) groups excluding carboxylic acids is 1. The molecule has 1 unspecified atom stereocenters. The SMILES string of the molecule is Cc1ccc(NC(=O)NCCN2CCCCC2CO)cc1C#N. The van der Waals surface area contributed by atoms with E-state index in [9.17, 15) is 9.90 Å². The van der Waals surface area contributed by atoms with Gasteiger partial charge in [-0.3, -0.25) is 4.90 Å². The fraction of sp³-hybridized carbons (Fsp3) is 0.529. The summed E-state index contributed by atoms with van der Waals surface area (Å²) in [6.07, 6.45) is 3.32. The lowest BCUT2D eigenvalue weighted by Gasteiger charge is -2.34. The van der Waals surface area contributed by atoms with Gasteiger partial charge in [0, 0.05) is 24.8 Å². The third kappa shape index (κ3) is 4.95. The molecule has 1 saturated heterocycles. The molecule has 2 rings (SSSR count). The Bertz CT molecular complexity index is 582. The number of likely N-dealkylation sites (tertiary alicyclic amines) is 1. The maximum absolute atomic E-state index is 11.9. The molecular formula is C17H24N4O2. The molecule has 3 N–H and O–H groups in total. The summed E-state index contributed by atoms with van der Waals surface area (Å²) in [5, 5.41) is 23.9. The highest BCUT2D eigenvalue weighted by Crippen LogP contribution is 2.16. The minimum absolute atomic E-state index is 0.173. The van der Waals surface area contributed by atoms with Crippen molar-refractivity contribution in [2.75, 3.05) is 31.6 Å². The van der Waals surface area contributed by atoms with E-state index in [1.54, 1.807) is 12.1 Å². The van der Waals surface area contributed by atoms with Crippen LogP contribution in [0.4, 0.5) is 10.5 Å². The van der Waals surface area contributed by atoms with E-state index >= 15 is 0 Å². The molecule has 0 aliphatic carbocycles. The summed E-state index contributed by atoms with van der Waals surface area (Å²) in [4.78, 5) is 14.1. The number of aryl methyl sites for hydroxylation is 1. The van der Waals surface area contributed by atoms with Crippen molar-refractivity contribution in [3.8, 4) is 6.07 Å². The van der Waals surface area contributed by atoms with Crippen LogP contribution in [0.25, 0.3) is 0 Å². The Labute approximate surface area is 137 Å². The Morgan fingerprint density at radius 2 is 2.30 bits per heavy atom. The number of rotatable bonds is 5. The van der Waals surface area contributed by atoms with Crippen molar-refractivity contribution in [3.05, 3.63) is 29.3 Å². The Morgan fingerprint density at radius 3 is 3.04 bits per heavy atom. The van der Waals surface area contributed by atoms with Crippen LogP contribution in [-0.2, 0) is 0 Å². The zero-order chi connectivity index (χ0) is 16.7. The summed E-state index contributed by atoms with van der Waals surface area (Å²) >= 11 is 0. The molecule has 0 bridgehead atoms. The zero-order valence-electron chi connectivity index (χ0n) is 13.5. The monoisotopic (exact) mass is 316 g/mol. The normalized spacial score (nSPS) is 18.2. The van der Waals surface area contributed by atoms with Crippen molar-refractivity contribution in [2.45, 2.75) is 32.2 Å². The summed E-state index contributed by atoms with van der Waals surface area (Å²) in [6, 6.07) is 7.30. The van der Waals surface area contributed by atoms with Gasteiger partial charge >= 0.3 is 6.03 Å². The number of hydrogen-bond donors (Lipinski definition) is 3. The van der Waals surface area contributed by atoms with Crippen LogP contribution in [-0.4, -0.2) is 48.3 Å². The Balaban J connectivity index is 1.78. The predicted octanol–water partition coefficient (Wildman–Crippen LogP) is 1.83. The number of carbonyl (C=O) groups is 1. The molecule has 1 aliphatic rings. The molecule has 1 fully saturated rings. The van der Waals surface area contributed by atoms with E-state index in [0.29, 0.717) is 17.8 Å². The lowest BCUT2D eigenvalue weighted by Crippen LogP contribution is -2.46. The summed E-state index contributed by atoms with van der Waals surface area (Å²) in [7, 11) is 0. The number of aliphatic hydroxyl groups is 1. The van der Waals surface area contributed by atoms with Crippen molar-refractivity contribution in [3.63, 3.8) is 0 Å². The van der Waals surface area contributed by atoms with Crippen molar-refractivity contribution in [1.29, 1.82) is 5.26 Å². The first kappa shape index (κ1) is 17.3. The molecule has 1 atom stereocenters. The minimum atomic E-state index is -0.282. The largest absolute Gasteiger partial charge is 0.395 e. The smallest absolute Gasteiger partial charge is 0.319 e. The van der Waals surface area contributed by atoms with Gasteiger partial charge in [0.05, 0.1) is 18.2 Å². The van der Waals surface area contributed by atoms with E-state index in [1.165, 1.54) is 0 Å². The molecular weight excluding hydrogens is 292 g/mol. The second kappa shape index (κ2) is 8.51. The number of piperidine rings is 1. The van der Waals surface area contributed by atoms with E-state index in [2.05, 4.69) is 21.6 Å². The third-order valence-electron chi connectivity index (χ3n) is 4.26. The molecule has 1 aromatic carbocycles. The predicted molar refractivity (Wildman–Crippen MR) is 89.2 cm³/mol. The molecule has 1 aliphatic heterocycles. The maximum Gasteiger partial charge on any atom is 0.319 e. The van der Waals surface area contributed by atoms with Crippen LogP contribution in [0.3, 0.4) is 0 Å². The van der Waals surface area contributed by atoms with Crippen molar-refractivity contribution in [1.82, 2.24) is 10.2 Å². The molecule has 6 nitrogen and oxygen atoms in total. The van der Waals surface area contributed by atoms with Crippen LogP contribution in [0, 0.1) is 18.3 Å².